The van der Waals surface area contributed by atoms with Crippen LogP contribution >= 0.6 is 0 Å². The van der Waals surface area contributed by atoms with Gasteiger partial charge in [0.2, 0.25) is 0 Å². The fourth-order valence-electron chi connectivity index (χ4n) is 2.05. The van der Waals surface area contributed by atoms with Crippen LogP contribution in [0.2, 0.25) is 0 Å². The van der Waals surface area contributed by atoms with Crippen molar-refractivity contribution < 1.29 is 4.74 Å². The number of likely N-dealkylation sites (N-methyl/N-ethyl adjacent to an activating group) is 1. The molecule has 1 aromatic rings. The SMILES string of the molecule is C=CCCCN(C)CCOc1ccc(CNCCC)cc1. The zero-order valence-corrected chi connectivity index (χ0v) is 13.6. The quantitative estimate of drug-likeness (QED) is 0.471. The molecule has 21 heavy (non-hydrogen) atoms. The third-order valence-corrected chi connectivity index (χ3v) is 3.37. The second-order valence-electron chi connectivity index (χ2n) is 5.40. The Morgan fingerprint density at radius 1 is 1.24 bits per heavy atom. The molecule has 0 bridgehead atoms. The van der Waals surface area contributed by atoms with Gasteiger partial charge in [-0.3, -0.25) is 0 Å². The fourth-order valence-corrected chi connectivity index (χ4v) is 2.05. The first-order valence-corrected chi connectivity index (χ1v) is 7.98. The van der Waals surface area contributed by atoms with Gasteiger partial charge in [-0.05, 0) is 57.1 Å². The largest absolute Gasteiger partial charge is 0.492 e. The van der Waals surface area contributed by atoms with E-state index in [9.17, 15) is 0 Å². The predicted molar refractivity (Wildman–Crippen MR) is 90.9 cm³/mol. The van der Waals surface area contributed by atoms with Crippen molar-refractivity contribution in [2.45, 2.75) is 32.7 Å². The highest BCUT2D eigenvalue weighted by Crippen LogP contribution is 2.12. The molecule has 0 saturated carbocycles. The number of nitrogens with zero attached hydrogens (tertiary/aromatic N) is 1. The standard InChI is InChI=1S/C18H30N2O/c1-4-6-7-13-20(3)14-15-21-18-10-8-17(9-11-18)16-19-12-5-2/h4,8-11,19H,1,5-7,12-16H2,2-3H3. The second-order valence-corrected chi connectivity index (χ2v) is 5.40. The van der Waals surface area contributed by atoms with Crippen molar-refractivity contribution in [2.24, 2.45) is 0 Å². The molecular formula is C18H30N2O. The van der Waals surface area contributed by atoms with Crippen molar-refractivity contribution in [1.29, 1.82) is 0 Å². The zero-order chi connectivity index (χ0) is 15.3. The summed E-state index contributed by atoms with van der Waals surface area (Å²) in [6.07, 6.45) is 5.39. The van der Waals surface area contributed by atoms with E-state index in [0.717, 1.165) is 45.0 Å². The highest BCUT2D eigenvalue weighted by atomic mass is 16.5. The summed E-state index contributed by atoms with van der Waals surface area (Å²) in [5.74, 6) is 0.953. The van der Waals surface area contributed by atoms with Gasteiger partial charge in [-0.15, -0.1) is 6.58 Å². The van der Waals surface area contributed by atoms with E-state index in [4.69, 9.17) is 4.74 Å². The van der Waals surface area contributed by atoms with E-state index in [-0.39, 0.29) is 0 Å². The number of benzene rings is 1. The molecule has 3 heteroatoms. The van der Waals surface area contributed by atoms with E-state index in [1.54, 1.807) is 0 Å². The van der Waals surface area contributed by atoms with Gasteiger partial charge in [-0.25, -0.2) is 0 Å². The van der Waals surface area contributed by atoms with E-state index >= 15 is 0 Å². The van der Waals surface area contributed by atoms with Crippen molar-refractivity contribution in [3.8, 4) is 5.75 Å². The molecule has 3 nitrogen and oxygen atoms in total. The summed E-state index contributed by atoms with van der Waals surface area (Å²) in [5.41, 5.74) is 1.30. The van der Waals surface area contributed by atoms with Gasteiger partial charge >= 0.3 is 0 Å². The number of allylic oxidation sites excluding steroid dienone is 1. The van der Waals surface area contributed by atoms with Crippen LogP contribution in [0.1, 0.15) is 31.7 Å². The van der Waals surface area contributed by atoms with Crippen LogP contribution in [0.3, 0.4) is 0 Å². The fraction of sp³-hybridized carbons (Fsp3) is 0.556. The lowest BCUT2D eigenvalue weighted by Gasteiger charge is -2.16. The van der Waals surface area contributed by atoms with Crippen LogP contribution in [-0.4, -0.2) is 38.2 Å². The Hall–Kier alpha value is -1.32. The molecular weight excluding hydrogens is 260 g/mol. The summed E-state index contributed by atoms with van der Waals surface area (Å²) in [5, 5.41) is 3.40. The minimum atomic E-state index is 0.734. The Labute approximate surface area is 130 Å². The van der Waals surface area contributed by atoms with Gasteiger partial charge in [0.15, 0.2) is 0 Å². The third kappa shape index (κ3) is 8.53. The molecule has 0 radical (unpaired) electrons. The van der Waals surface area contributed by atoms with Crippen LogP contribution in [0.15, 0.2) is 36.9 Å². The second kappa shape index (κ2) is 11.4. The summed E-state index contributed by atoms with van der Waals surface area (Å²) in [4.78, 5) is 2.30. The maximum absolute atomic E-state index is 5.78. The lowest BCUT2D eigenvalue weighted by Crippen LogP contribution is -2.25. The maximum atomic E-state index is 5.78. The number of ether oxygens (including phenoxy) is 1. The third-order valence-electron chi connectivity index (χ3n) is 3.37. The predicted octanol–water partition coefficient (Wildman–Crippen LogP) is 3.46. The van der Waals surface area contributed by atoms with Crippen LogP contribution in [0.5, 0.6) is 5.75 Å². The van der Waals surface area contributed by atoms with Crippen LogP contribution in [-0.2, 0) is 6.54 Å². The Morgan fingerprint density at radius 3 is 2.67 bits per heavy atom. The molecule has 1 rings (SSSR count). The number of hydrogen-bond acceptors (Lipinski definition) is 3. The molecule has 0 amide bonds. The molecule has 0 heterocycles. The normalized spacial score (nSPS) is 10.8. The Bertz CT molecular complexity index is 375. The average Bonchev–Trinajstić information content (AvgIpc) is 2.49. The molecule has 0 aliphatic carbocycles. The number of unbranched alkanes of at least 4 members (excludes halogenated alkanes) is 1. The summed E-state index contributed by atoms with van der Waals surface area (Å²) in [7, 11) is 2.13. The van der Waals surface area contributed by atoms with Gasteiger partial charge in [0.05, 0.1) is 0 Å². The minimum absolute atomic E-state index is 0.734. The monoisotopic (exact) mass is 290 g/mol. The molecule has 1 N–H and O–H groups in total. The summed E-state index contributed by atoms with van der Waals surface area (Å²) < 4.78 is 5.78. The van der Waals surface area contributed by atoms with Crippen LogP contribution in [0.4, 0.5) is 0 Å². The molecule has 0 atom stereocenters. The summed E-state index contributed by atoms with van der Waals surface area (Å²) in [6, 6.07) is 8.37. The van der Waals surface area contributed by atoms with Gasteiger partial charge in [-0.1, -0.05) is 25.1 Å². The summed E-state index contributed by atoms with van der Waals surface area (Å²) >= 11 is 0. The lowest BCUT2D eigenvalue weighted by atomic mass is 10.2. The van der Waals surface area contributed by atoms with Gasteiger partial charge < -0.3 is 15.0 Å². The number of hydrogen-bond donors (Lipinski definition) is 1. The van der Waals surface area contributed by atoms with Gasteiger partial charge in [0.25, 0.3) is 0 Å². The first-order valence-electron chi connectivity index (χ1n) is 7.98. The number of nitrogens with one attached hydrogen (secondary N) is 1. The van der Waals surface area contributed by atoms with Crippen LogP contribution in [0.25, 0.3) is 0 Å². The van der Waals surface area contributed by atoms with E-state index in [1.807, 2.05) is 6.08 Å². The molecule has 0 saturated heterocycles. The molecule has 0 unspecified atom stereocenters. The molecule has 0 aliphatic rings. The van der Waals surface area contributed by atoms with Gasteiger partial charge in [0.1, 0.15) is 12.4 Å². The Kier molecular flexibility index (Phi) is 9.58. The maximum Gasteiger partial charge on any atom is 0.119 e. The van der Waals surface area contributed by atoms with Gasteiger partial charge in [-0.2, -0.15) is 0 Å². The molecule has 118 valence electrons. The summed E-state index contributed by atoms with van der Waals surface area (Å²) in [6.45, 7) is 10.7. The first-order chi connectivity index (χ1) is 10.3. The Morgan fingerprint density at radius 2 is 2.00 bits per heavy atom. The lowest BCUT2D eigenvalue weighted by molar-refractivity contribution is 0.236. The zero-order valence-electron chi connectivity index (χ0n) is 13.6. The van der Waals surface area contributed by atoms with E-state index in [2.05, 4.69) is 55.0 Å². The van der Waals surface area contributed by atoms with Gasteiger partial charge in [0, 0.05) is 13.1 Å². The topological polar surface area (TPSA) is 24.5 Å². The van der Waals surface area contributed by atoms with Crippen molar-refractivity contribution in [3.63, 3.8) is 0 Å². The van der Waals surface area contributed by atoms with E-state index < -0.39 is 0 Å². The van der Waals surface area contributed by atoms with Crippen LogP contribution in [0, 0.1) is 0 Å². The Balaban J connectivity index is 2.18. The molecule has 0 aromatic heterocycles. The van der Waals surface area contributed by atoms with E-state index in [0.29, 0.717) is 0 Å². The minimum Gasteiger partial charge on any atom is -0.492 e. The van der Waals surface area contributed by atoms with Crippen molar-refractivity contribution >= 4 is 0 Å². The average molecular weight is 290 g/mol. The molecule has 0 aliphatic heterocycles. The highest BCUT2D eigenvalue weighted by Gasteiger charge is 1.99. The molecule has 0 fully saturated rings. The van der Waals surface area contributed by atoms with Crippen molar-refractivity contribution in [2.75, 3.05) is 33.3 Å². The van der Waals surface area contributed by atoms with Crippen molar-refractivity contribution in [3.05, 3.63) is 42.5 Å². The van der Waals surface area contributed by atoms with Crippen LogP contribution < -0.4 is 10.1 Å². The smallest absolute Gasteiger partial charge is 0.119 e. The number of rotatable bonds is 12. The first kappa shape index (κ1) is 17.7. The van der Waals surface area contributed by atoms with Crippen molar-refractivity contribution in [1.82, 2.24) is 10.2 Å². The molecule has 1 aromatic carbocycles. The highest BCUT2D eigenvalue weighted by molar-refractivity contribution is 5.27. The molecule has 0 spiro atoms. The van der Waals surface area contributed by atoms with E-state index in [1.165, 1.54) is 18.4 Å².